The first-order chi connectivity index (χ1) is 15.7. The molecule has 1 aliphatic rings. The SMILES string of the molecule is Cc1ccoc1C(=O)NC1CCN(C(=O)Cc2c(C)nn(-c3ccc(Cl)cc3Cl)c2C)CC1. The molecule has 174 valence electrons. The number of furan rings is 1. The van der Waals surface area contributed by atoms with Gasteiger partial charge in [0.25, 0.3) is 5.91 Å². The predicted molar refractivity (Wildman–Crippen MR) is 127 cm³/mol. The number of piperidine rings is 1. The van der Waals surface area contributed by atoms with E-state index in [2.05, 4.69) is 10.4 Å². The first kappa shape index (κ1) is 23.4. The van der Waals surface area contributed by atoms with E-state index in [-0.39, 0.29) is 24.3 Å². The lowest BCUT2D eigenvalue weighted by Gasteiger charge is -2.32. The number of amides is 2. The number of benzene rings is 1. The van der Waals surface area contributed by atoms with Gasteiger partial charge < -0.3 is 14.6 Å². The van der Waals surface area contributed by atoms with Crippen molar-refractivity contribution in [1.82, 2.24) is 20.0 Å². The van der Waals surface area contributed by atoms with Gasteiger partial charge in [-0.1, -0.05) is 23.2 Å². The molecule has 7 nitrogen and oxygen atoms in total. The molecule has 9 heteroatoms. The van der Waals surface area contributed by atoms with Crippen LogP contribution in [0.25, 0.3) is 5.69 Å². The molecule has 3 aromatic rings. The second kappa shape index (κ2) is 9.61. The van der Waals surface area contributed by atoms with Gasteiger partial charge in [0.2, 0.25) is 5.91 Å². The number of hydrogen-bond donors (Lipinski definition) is 1. The van der Waals surface area contributed by atoms with Crippen LogP contribution in [0.4, 0.5) is 0 Å². The standard InChI is InChI=1S/C24H26Cl2N4O3/c1-14-8-11-33-23(14)24(32)27-18-6-9-29(10-7-18)22(31)13-19-15(2)28-30(16(19)3)21-5-4-17(25)12-20(21)26/h4-5,8,11-12,18H,6-7,9-10,13H2,1-3H3,(H,27,32). The summed E-state index contributed by atoms with van der Waals surface area (Å²) in [4.78, 5) is 27.3. The Morgan fingerprint density at radius 2 is 1.88 bits per heavy atom. The second-order valence-corrected chi connectivity index (χ2v) is 9.24. The molecule has 0 saturated carbocycles. The number of carbonyl (C=O) groups is 2. The first-order valence-corrected chi connectivity index (χ1v) is 11.6. The summed E-state index contributed by atoms with van der Waals surface area (Å²) in [5.41, 5.74) is 4.11. The van der Waals surface area contributed by atoms with Crippen molar-refractivity contribution in [2.24, 2.45) is 0 Å². The van der Waals surface area contributed by atoms with Crippen molar-refractivity contribution in [2.75, 3.05) is 13.1 Å². The fourth-order valence-electron chi connectivity index (χ4n) is 4.21. The number of carbonyl (C=O) groups excluding carboxylic acids is 2. The number of halogens is 2. The summed E-state index contributed by atoms with van der Waals surface area (Å²) in [7, 11) is 0. The molecule has 0 radical (unpaired) electrons. The first-order valence-electron chi connectivity index (χ1n) is 10.9. The maximum atomic E-state index is 13.0. The Hall–Kier alpha value is -2.77. The Labute approximate surface area is 202 Å². The van der Waals surface area contributed by atoms with Crippen molar-refractivity contribution in [3.8, 4) is 5.69 Å². The summed E-state index contributed by atoms with van der Waals surface area (Å²) in [6, 6.07) is 7.04. The lowest BCUT2D eigenvalue weighted by molar-refractivity contribution is -0.131. The van der Waals surface area contributed by atoms with Crippen LogP contribution in [0.3, 0.4) is 0 Å². The van der Waals surface area contributed by atoms with Crippen LogP contribution in [-0.4, -0.2) is 45.6 Å². The molecule has 2 aromatic heterocycles. The Kier molecular flexibility index (Phi) is 6.81. The minimum atomic E-state index is -0.207. The van der Waals surface area contributed by atoms with Crippen LogP contribution in [0.5, 0.6) is 0 Å². The Morgan fingerprint density at radius 3 is 2.52 bits per heavy atom. The highest BCUT2D eigenvalue weighted by atomic mass is 35.5. The third-order valence-electron chi connectivity index (χ3n) is 6.16. The fourth-order valence-corrected chi connectivity index (χ4v) is 4.70. The smallest absolute Gasteiger partial charge is 0.287 e. The summed E-state index contributed by atoms with van der Waals surface area (Å²) < 4.78 is 7.02. The zero-order valence-corrected chi connectivity index (χ0v) is 20.3. The normalized spacial score (nSPS) is 14.5. The highest BCUT2D eigenvalue weighted by molar-refractivity contribution is 6.35. The van der Waals surface area contributed by atoms with E-state index in [1.165, 1.54) is 6.26 Å². The maximum Gasteiger partial charge on any atom is 0.287 e. The van der Waals surface area contributed by atoms with E-state index in [9.17, 15) is 9.59 Å². The maximum absolute atomic E-state index is 13.0. The third-order valence-corrected chi connectivity index (χ3v) is 6.70. The van der Waals surface area contributed by atoms with Gasteiger partial charge in [0.1, 0.15) is 0 Å². The van der Waals surface area contributed by atoms with Gasteiger partial charge in [-0.3, -0.25) is 9.59 Å². The molecule has 3 heterocycles. The number of hydrogen-bond acceptors (Lipinski definition) is 4. The summed E-state index contributed by atoms with van der Waals surface area (Å²) in [6.45, 7) is 6.86. The summed E-state index contributed by atoms with van der Waals surface area (Å²) in [5, 5.41) is 8.68. The van der Waals surface area contributed by atoms with Crippen molar-refractivity contribution >= 4 is 35.0 Å². The molecular formula is C24H26Cl2N4O3. The van der Waals surface area contributed by atoms with Gasteiger partial charge in [-0.05, 0) is 57.9 Å². The molecular weight excluding hydrogens is 463 g/mol. The molecule has 1 saturated heterocycles. The van der Waals surface area contributed by atoms with Gasteiger partial charge in [-0.15, -0.1) is 0 Å². The van der Waals surface area contributed by atoms with Gasteiger partial charge in [-0.2, -0.15) is 5.10 Å². The summed E-state index contributed by atoms with van der Waals surface area (Å²) in [6.07, 6.45) is 3.19. The summed E-state index contributed by atoms with van der Waals surface area (Å²) in [5.74, 6) is 0.189. The predicted octanol–water partition coefficient (Wildman–Crippen LogP) is 4.66. The van der Waals surface area contributed by atoms with Gasteiger partial charge >= 0.3 is 0 Å². The zero-order chi connectivity index (χ0) is 23.7. The molecule has 4 rings (SSSR count). The number of nitrogens with zero attached hydrogens (tertiary/aromatic N) is 3. The van der Waals surface area contributed by atoms with Crippen LogP contribution in [-0.2, 0) is 11.2 Å². The van der Waals surface area contributed by atoms with Crippen molar-refractivity contribution < 1.29 is 14.0 Å². The van der Waals surface area contributed by atoms with Crippen molar-refractivity contribution in [2.45, 2.75) is 46.1 Å². The van der Waals surface area contributed by atoms with Gasteiger partial charge in [0, 0.05) is 41.0 Å². The van der Waals surface area contributed by atoms with Gasteiger partial charge in [0.05, 0.1) is 29.1 Å². The van der Waals surface area contributed by atoms with Gasteiger partial charge in [0.15, 0.2) is 5.76 Å². The third kappa shape index (κ3) is 4.94. The lowest BCUT2D eigenvalue weighted by Crippen LogP contribution is -2.47. The highest BCUT2D eigenvalue weighted by Crippen LogP contribution is 2.27. The van der Waals surface area contributed by atoms with Crippen LogP contribution >= 0.6 is 23.2 Å². The Balaban J connectivity index is 1.38. The molecule has 0 atom stereocenters. The molecule has 1 aromatic carbocycles. The van der Waals surface area contributed by atoms with Crippen molar-refractivity contribution in [3.05, 3.63) is 68.8 Å². The average molecular weight is 489 g/mol. The number of aromatic nitrogens is 2. The summed E-state index contributed by atoms with van der Waals surface area (Å²) >= 11 is 12.4. The van der Waals surface area contributed by atoms with Crippen LogP contribution in [0, 0.1) is 20.8 Å². The molecule has 0 spiro atoms. The Bertz CT molecular complexity index is 1190. The van der Waals surface area contributed by atoms with Crippen LogP contribution in [0.2, 0.25) is 10.0 Å². The molecule has 0 bridgehead atoms. The van der Waals surface area contributed by atoms with E-state index in [1.807, 2.05) is 31.7 Å². The quantitative estimate of drug-likeness (QED) is 0.566. The number of nitrogens with one attached hydrogen (secondary N) is 1. The van der Waals surface area contributed by atoms with Crippen molar-refractivity contribution in [1.29, 1.82) is 0 Å². The van der Waals surface area contributed by atoms with E-state index in [0.717, 1.165) is 28.2 Å². The van der Waals surface area contributed by atoms with E-state index in [1.54, 1.807) is 22.9 Å². The van der Waals surface area contributed by atoms with E-state index in [0.29, 0.717) is 41.7 Å². The number of likely N-dealkylation sites (tertiary alicyclic amines) is 1. The van der Waals surface area contributed by atoms with Crippen molar-refractivity contribution in [3.63, 3.8) is 0 Å². The minimum Gasteiger partial charge on any atom is -0.459 e. The molecule has 1 fully saturated rings. The highest BCUT2D eigenvalue weighted by Gasteiger charge is 2.27. The number of aryl methyl sites for hydroxylation is 2. The molecule has 33 heavy (non-hydrogen) atoms. The molecule has 0 aliphatic carbocycles. The largest absolute Gasteiger partial charge is 0.459 e. The fraction of sp³-hybridized carbons (Fsp3) is 0.375. The zero-order valence-electron chi connectivity index (χ0n) is 18.8. The topological polar surface area (TPSA) is 80.4 Å². The molecule has 0 unspecified atom stereocenters. The molecule has 1 aliphatic heterocycles. The minimum absolute atomic E-state index is 0.0179. The van der Waals surface area contributed by atoms with E-state index < -0.39 is 0 Å². The average Bonchev–Trinajstić information content (AvgIpc) is 3.32. The Morgan fingerprint density at radius 1 is 1.15 bits per heavy atom. The monoisotopic (exact) mass is 488 g/mol. The molecule has 2 amide bonds. The molecule has 1 N–H and O–H groups in total. The van der Waals surface area contributed by atoms with Crippen LogP contribution < -0.4 is 5.32 Å². The number of rotatable bonds is 5. The van der Waals surface area contributed by atoms with Crippen LogP contribution in [0.1, 0.15) is 45.9 Å². The van der Waals surface area contributed by atoms with Gasteiger partial charge in [-0.25, -0.2) is 4.68 Å². The van der Waals surface area contributed by atoms with E-state index in [4.69, 9.17) is 27.6 Å². The second-order valence-electron chi connectivity index (χ2n) is 8.39. The van der Waals surface area contributed by atoms with E-state index >= 15 is 0 Å². The van der Waals surface area contributed by atoms with Crippen LogP contribution in [0.15, 0.2) is 34.9 Å². The lowest BCUT2D eigenvalue weighted by atomic mass is 10.0.